The molecule has 7 nitrogen and oxygen atoms in total. The summed E-state index contributed by atoms with van der Waals surface area (Å²) in [5.74, 6) is 3.59. The smallest absolute Gasteiger partial charge is 0.145 e. The number of fused-ring (bicyclic) bond motifs is 3. The van der Waals surface area contributed by atoms with Gasteiger partial charge >= 0.3 is 0 Å². The zero-order valence-corrected chi connectivity index (χ0v) is 18.8. The highest BCUT2D eigenvalue weighted by Crippen LogP contribution is 2.48. The zero-order valence-electron chi connectivity index (χ0n) is 17.3. The standard InChI is InChI=1S/C22H26ClN5O2S/c23-15-10-24-20(25-11-15)14-6-16-9-17(7-14)28(16)18-8-13-2-5-31(30)19(13)21(26-18)27-22(12-29)3-1-4-22/h8,10-11,14,16-17,29H,1-7,9,12H2,(H,26,27). The summed E-state index contributed by atoms with van der Waals surface area (Å²) in [4.78, 5) is 17.2. The molecule has 3 unspecified atom stereocenters. The molecule has 3 atom stereocenters. The first-order valence-electron chi connectivity index (χ1n) is 11.1. The van der Waals surface area contributed by atoms with Crippen LogP contribution in [0.1, 0.15) is 55.8 Å². The van der Waals surface area contributed by atoms with E-state index in [9.17, 15) is 9.32 Å². The third-order valence-corrected chi connectivity index (χ3v) is 9.21. The van der Waals surface area contributed by atoms with Gasteiger partial charge in [0.1, 0.15) is 17.5 Å². The molecule has 7 rings (SSSR count). The monoisotopic (exact) mass is 459 g/mol. The summed E-state index contributed by atoms with van der Waals surface area (Å²) in [5, 5.41) is 14.0. The molecule has 9 heteroatoms. The Morgan fingerprint density at radius 1 is 1.23 bits per heavy atom. The SMILES string of the molecule is O=S1CCc2cc(N3C4CC(c5ncc(Cl)cn5)CC3C4)nc(NC3(CO)CCC3)c21. The molecule has 5 heterocycles. The number of piperidine rings is 1. The van der Waals surface area contributed by atoms with Crippen LogP contribution in [-0.4, -0.2) is 54.2 Å². The molecule has 31 heavy (non-hydrogen) atoms. The summed E-state index contributed by atoms with van der Waals surface area (Å²) >= 11 is 5.95. The molecule has 2 aromatic rings. The zero-order chi connectivity index (χ0) is 21.2. The van der Waals surface area contributed by atoms with E-state index >= 15 is 0 Å². The van der Waals surface area contributed by atoms with Crippen LogP contribution >= 0.6 is 11.6 Å². The van der Waals surface area contributed by atoms with Crippen molar-refractivity contribution in [3.05, 3.63) is 34.9 Å². The van der Waals surface area contributed by atoms with Gasteiger partial charge in [0.05, 0.1) is 32.9 Å². The number of anilines is 2. The molecule has 2 N–H and O–H groups in total. The van der Waals surface area contributed by atoms with Crippen molar-refractivity contribution in [1.82, 2.24) is 15.0 Å². The van der Waals surface area contributed by atoms with Crippen molar-refractivity contribution in [2.75, 3.05) is 22.6 Å². The maximum absolute atomic E-state index is 12.7. The summed E-state index contributed by atoms with van der Waals surface area (Å²) in [6, 6.07) is 2.99. The number of nitrogens with zero attached hydrogens (tertiary/aromatic N) is 4. The van der Waals surface area contributed by atoms with Gasteiger partial charge in [0.15, 0.2) is 0 Å². The summed E-state index contributed by atoms with van der Waals surface area (Å²) < 4.78 is 12.7. The third-order valence-electron chi connectivity index (χ3n) is 7.53. The van der Waals surface area contributed by atoms with E-state index in [0.717, 1.165) is 72.9 Å². The molecular weight excluding hydrogens is 434 g/mol. The number of aromatic nitrogens is 3. The average Bonchev–Trinajstić information content (AvgIpc) is 3.12. The lowest BCUT2D eigenvalue weighted by Gasteiger charge is -2.56. The Bertz CT molecular complexity index is 1030. The van der Waals surface area contributed by atoms with E-state index in [1.54, 1.807) is 12.4 Å². The predicted molar refractivity (Wildman–Crippen MR) is 120 cm³/mol. The Morgan fingerprint density at radius 2 is 1.97 bits per heavy atom. The van der Waals surface area contributed by atoms with Gasteiger partial charge in [-0.3, -0.25) is 4.21 Å². The highest BCUT2D eigenvalue weighted by molar-refractivity contribution is 7.85. The van der Waals surface area contributed by atoms with Crippen molar-refractivity contribution < 1.29 is 9.32 Å². The molecule has 3 aliphatic heterocycles. The van der Waals surface area contributed by atoms with E-state index in [-0.39, 0.29) is 12.1 Å². The number of aliphatic hydroxyl groups is 1. The lowest BCUT2D eigenvalue weighted by atomic mass is 9.73. The average molecular weight is 460 g/mol. The number of hydrogen-bond donors (Lipinski definition) is 2. The molecule has 0 amide bonds. The molecule has 164 valence electrons. The quantitative estimate of drug-likeness (QED) is 0.710. The Labute approximate surface area is 189 Å². The van der Waals surface area contributed by atoms with Gasteiger partial charge in [0.25, 0.3) is 0 Å². The number of nitrogens with one attached hydrogen (secondary N) is 1. The van der Waals surface area contributed by atoms with Gasteiger partial charge in [0, 0.05) is 36.1 Å². The first-order valence-corrected chi connectivity index (χ1v) is 12.8. The van der Waals surface area contributed by atoms with Crippen LogP contribution in [0.3, 0.4) is 0 Å². The van der Waals surface area contributed by atoms with E-state index in [1.165, 1.54) is 0 Å². The maximum Gasteiger partial charge on any atom is 0.145 e. The fourth-order valence-corrected chi connectivity index (χ4v) is 7.17. The molecule has 0 radical (unpaired) electrons. The topological polar surface area (TPSA) is 91.2 Å². The number of halogens is 1. The fraction of sp³-hybridized carbons (Fsp3) is 0.591. The molecule has 2 bridgehead atoms. The third kappa shape index (κ3) is 3.26. The molecular formula is C22H26ClN5O2S. The highest BCUT2D eigenvalue weighted by atomic mass is 35.5. The number of pyridine rings is 1. The number of aryl methyl sites for hydroxylation is 1. The van der Waals surface area contributed by atoms with Crippen molar-refractivity contribution in [2.24, 2.45) is 0 Å². The molecule has 2 aromatic heterocycles. The Balaban J connectivity index is 1.28. The minimum absolute atomic E-state index is 0.0814. The largest absolute Gasteiger partial charge is 0.394 e. The minimum Gasteiger partial charge on any atom is -0.394 e. The van der Waals surface area contributed by atoms with Crippen LogP contribution in [0.5, 0.6) is 0 Å². The van der Waals surface area contributed by atoms with Gasteiger partial charge in [0.2, 0.25) is 0 Å². The maximum atomic E-state index is 12.7. The van der Waals surface area contributed by atoms with Crippen LogP contribution in [0.2, 0.25) is 5.02 Å². The Hall–Kier alpha value is -1.77. The second-order valence-electron chi connectivity index (χ2n) is 9.41. The van der Waals surface area contributed by atoms with Gasteiger partial charge in [-0.25, -0.2) is 15.0 Å². The van der Waals surface area contributed by atoms with Gasteiger partial charge in [-0.15, -0.1) is 0 Å². The highest BCUT2D eigenvalue weighted by Gasteiger charge is 2.47. The second kappa shape index (κ2) is 7.39. The van der Waals surface area contributed by atoms with E-state index in [4.69, 9.17) is 16.6 Å². The van der Waals surface area contributed by atoms with Crippen molar-refractivity contribution in [3.8, 4) is 0 Å². The fourth-order valence-electron chi connectivity index (χ4n) is 5.70. The summed E-state index contributed by atoms with van der Waals surface area (Å²) in [5.41, 5.74) is 0.828. The lowest BCUT2D eigenvalue weighted by Crippen LogP contribution is -2.61. The van der Waals surface area contributed by atoms with E-state index in [0.29, 0.717) is 28.8 Å². The molecule has 4 fully saturated rings. The minimum atomic E-state index is -1.02. The second-order valence-corrected chi connectivity index (χ2v) is 11.4. The van der Waals surface area contributed by atoms with Crippen LogP contribution in [0.4, 0.5) is 11.6 Å². The van der Waals surface area contributed by atoms with Crippen molar-refractivity contribution >= 4 is 34.0 Å². The van der Waals surface area contributed by atoms with Gasteiger partial charge in [-0.1, -0.05) is 11.6 Å². The van der Waals surface area contributed by atoms with Crippen molar-refractivity contribution in [1.29, 1.82) is 0 Å². The first kappa shape index (κ1) is 19.9. The van der Waals surface area contributed by atoms with Crippen LogP contribution in [-0.2, 0) is 17.2 Å². The van der Waals surface area contributed by atoms with Crippen LogP contribution in [0.15, 0.2) is 23.4 Å². The summed E-state index contributed by atoms with van der Waals surface area (Å²) in [6.07, 6.45) is 10.3. The molecule has 2 saturated heterocycles. The number of hydrogen-bond acceptors (Lipinski definition) is 7. The Kier molecular flexibility index (Phi) is 4.74. The van der Waals surface area contributed by atoms with E-state index in [2.05, 4.69) is 26.3 Å². The van der Waals surface area contributed by atoms with Gasteiger partial charge < -0.3 is 15.3 Å². The molecule has 2 aliphatic carbocycles. The number of rotatable bonds is 5. The summed E-state index contributed by atoms with van der Waals surface area (Å²) in [6.45, 7) is 0.0814. The van der Waals surface area contributed by atoms with Crippen molar-refractivity contribution in [2.45, 2.75) is 73.4 Å². The van der Waals surface area contributed by atoms with E-state index < -0.39 is 10.8 Å². The van der Waals surface area contributed by atoms with Crippen molar-refractivity contribution in [3.63, 3.8) is 0 Å². The molecule has 0 spiro atoms. The normalized spacial score (nSPS) is 30.3. The first-order chi connectivity index (χ1) is 15.0. The van der Waals surface area contributed by atoms with Gasteiger partial charge in [-0.05, 0) is 56.6 Å². The predicted octanol–water partition coefficient (Wildman–Crippen LogP) is 3.04. The lowest BCUT2D eigenvalue weighted by molar-refractivity contribution is 0.143. The molecule has 2 saturated carbocycles. The van der Waals surface area contributed by atoms with Gasteiger partial charge in [-0.2, -0.15) is 0 Å². The molecule has 0 aromatic carbocycles. The summed E-state index contributed by atoms with van der Waals surface area (Å²) in [7, 11) is -1.02. The van der Waals surface area contributed by atoms with Crippen LogP contribution in [0, 0.1) is 0 Å². The number of aliphatic hydroxyl groups excluding tert-OH is 1. The molecule has 5 aliphatic rings. The van der Waals surface area contributed by atoms with Crippen LogP contribution in [0.25, 0.3) is 0 Å². The van der Waals surface area contributed by atoms with Crippen LogP contribution < -0.4 is 10.2 Å². The Morgan fingerprint density at radius 3 is 2.61 bits per heavy atom. The van der Waals surface area contributed by atoms with E-state index in [1.807, 2.05) is 0 Å².